The van der Waals surface area contributed by atoms with Gasteiger partial charge in [0.25, 0.3) is 0 Å². The number of nitrogens with two attached hydrogens (primary N) is 1. The van der Waals surface area contributed by atoms with Gasteiger partial charge in [-0.3, -0.25) is 4.98 Å². The van der Waals surface area contributed by atoms with Crippen molar-refractivity contribution in [2.45, 2.75) is 6.54 Å². The molecule has 5 heteroatoms. The van der Waals surface area contributed by atoms with Crippen molar-refractivity contribution in [1.29, 1.82) is 0 Å². The third-order valence-electron chi connectivity index (χ3n) is 2.65. The summed E-state index contributed by atoms with van der Waals surface area (Å²) >= 11 is 0. The van der Waals surface area contributed by atoms with Gasteiger partial charge in [-0.05, 0) is 18.2 Å². The van der Waals surface area contributed by atoms with E-state index in [1.54, 1.807) is 23.1 Å². The number of aromatic nitrogens is 4. The lowest BCUT2D eigenvalue weighted by molar-refractivity contribution is 0.942. The van der Waals surface area contributed by atoms with Gasteiger partial charge in [-0.1, -0.05) is 0 Å². The normalized spacial score (nSPS) is 10.9. The summed E-state index contributed by atoms with van der Waals surface area (Å²) in [6.07, 6.45) is 7.10. The Bertz CT molecular complexity index is 644. The molecule has 0 fully saturated rings. The Kier molecular flexibility index (Phi) is 2.31. The van der Waals surface area contributed by atoms with E-state index < -0.39 is 0 Å². The molecule has 3 aromatic rings. The van der Waals surface area contributed by atoms with Crippen LogP contribution in [0.4, 0.5) is 0 Å². The van der Waals surface area contributed by atoms with Crippen LogP contribution in [-0.2, 0) is 6.54 Å². The molecule has 3 rings (SSSR count). The molecule has 0 unspecified atom stereocenters. The van der Waals surface area contributed by atoms with Crippen molar-refractivity contribution in [3.05, 3.63) is 48.5 Å². The molecule has 0 radical (unpaired) electrons. The number of hydrogen-bond donors (Lipinski definition) is 1. The summed E-state index contributed by atoms with van der Waals surface area (Å²) in [7, 11) is 0. The van der Waals surface area contributed by atoms with Gasteiger partial charge < -0.3 is 5.73 Å². The monoisotopic (exact) mass is 225 g/mol. The van der Waals surface area contributed by atoms with Crippen LogP contribution in [0.5, 0.6) is 0 Å². The molecule has 0 aliphatic heterocycles. The molecule has 0 aliphatic carbocycles. The second-order valence-electron chi connectivity index (χ2n) is 3.66. The van der Waals surface area contributed by atoms with Crippen LogP contribution in [0.1, 0.15) is 5.56 Å². The summed E-state index contributed by atoms with van der Waals surface area (Å²) in [4.78, 5) is 8.30. The minimum absolute atomic E-state index is 0.415. The average Bonchev–Trinajstić information content (AvgIpc) is 2.78. The number of nitrogens with zero attached hydrogens (tertiary/aromatic N) is 4. The molecule has 0 bridgehead atoms. The predicted octanol–water partition coefficient (Wildman–Crippen LogP) is 1.25. The van der Waals surface area contributed by atoms with Crippen LogP contribution >= 0.6 is 0 Å². The maximum absolute atomic E-state index is 5.79. The minimum atomic E-state index is 0.415. The lowest BCUT2D eigenvalue weighted by Crippen LogP contribution is -1.98. The van der Waals surface area contributed by atoms with Gasteiger partial charge in [-0.2, -0.15) is 5.10 Å². The highest BCUT2D eigenvalue weighted by atomic mass is 15.2. The van der Waals surface area contributed by atoms with E-state index in [4.69, 9.17) is 5.73 Å². The van der Waals surface area contributed by atoms with Crippen molar-refractivity contribution in [3.63, 3.8) is 0 Å². The van der Waals surface area contributed by atoms with Crippen LogP contribution in [0, 0.1) is 0 Å². The fourth-order valence-electron chi connectivity index (χ4n) is 1.86. The molecule has 2 N–H and O–H groups in total. The number of hydrogen-bond acceptors (Lipinski definition) is 4. The number of fused-ring (bicyclic) bond motifs is 1. The van der Waals surface area contributed by atoms with Crippen molar-refractivity contribution < 1.29 is 0 Å². The van der Waals surface area contributed by atoms with Crippen LogP contribution in [0.15, 0.2) is 43.0 Å². The Hall–Kier alpha value is -2.27. The largest absolute Gasteiger partial charge is 0.326 e. The zero-order valence-electron chi connectivity index (χ0n) is 9.11. The van der Waals surface area contributed by atoms with Gasteiger partial charge in [0, 0.05) is 42.5 Å². The zero-order chi connectivity index (χ0) is 11.7. The summed E-state index contributed by atoms with van der Waals surface area (Å²) in [5, 5.41) is 4.50. The number of rotatable bonds is 2. The third kappa shape index (κ3) is 1.57. The SMILES string of the molecule is NCc1c(-c2ccncc2)nn2cccnc12. The Morgan fingerprint density at radius 3 is 2.76 bits per heavy atom. The van der Waals surface area contributed by atoms with Crippen LogP contribution in [-0.4, -0.2) is 19.6 Å². The Labute approximate surface area is 97.9 Å². The van der Waals surface area contributed by atoms with Crippen LogP contribution in [0.2, 0.25) is 0 Å². The van der Waals surface area contributed by atoms with Crippen LogP contribution in [0.3, 0.4) is 0 Å². The fourth-order valence-corrected chi connectivity index (χ4v) is 1.86. The standard InChI is InChI=1S/C12H11N5/c13-8-10-11(9-2-5-14-6-3-9)16-17-7-1-4-15-12(10)17/h1-7H,8,13H2. The maximum Gasteiger partial charge on any atom is 0.160 e. The van der Waals surface area contributed by atoms with E-state index in [-0.39, 0.29) is 0 Å². The van der Waals surface area contributed by atoms with Gasteiger partial charge >= 0.3 is 0 Å². The van der Waals surface area contributed by atoms with E-state index >= 15 is 0 Å². The Morgan fingerprint density at radius 1 is 1.18 bits per heavy atom. The van der Waals surface area contributed by atoms with E-state index in [9.17, 15) is 0 Å². The van der Waals surface area contributed by atoms with Crippen LogP contribution < -0.4 is 5.73 Å². The summed E-state index contributed by atoms with van der Waals surface area (Å²) in [6, 6.07) is 5.68. The summed E-state index contributed by atoms with van der Waals surface area (Å²) in [5.41, 5.74) is 9.43. The summed E-state index contributed by atoms with van der Waals surface area (Å²) < 4.78 is 1.75. The van der Waals surface area contributed by atoms with Crippen molar-refractivity contribution in [2.24, 2.45) is 5.73 Å². The van der Waals surface area contributed by atoms with Crippen molar-refractivity contribution in [1.82, 2.24) is 19.6 Å². The molecule has 0 saturated carbocycles. The summed E-state index contributed by atoms with van der Waals surface area (Å²) in [6.45, 7) is 0.415. The Morgan fingerprint density at radius 2 is 2.00 bits per heavy atom. The highest BCUT2D eigenvalue weighted by molar-refractivity contribution is 5.70. The molecule has 0 saturated heterocycles. The predicted molar refractivity (Wildman–Crippen MR) is 64.1 cm³/mol. The zero-order valence-corrected chi connectivity index (χ0v) is 9.11. The molecule has 17 heavy (non-hydrogen) atoms. The second kappa shape index (κ2) is 3.95. The molecular formula is C12H11N5. The molecule has 3 aromatic heterocycles. The van der Waals surface area contributed by atoms with Crippen molar-refractivity contribution in [3.8, 4) is 11.3 Å². The first-order valence-electron chi connectivity index (χ1n) is 5.33. The maximum atomic E-state index is 5.79. The minimum Gasteiger partial charge on any atom is -0.326 e. The van der Waals surface area contributed by atoms with Crippen molar-refractivity contribution >= 4 is 5.65 Å². The van der Waals surface area contributed by atoms with E-state index in [0.717, 1.165) is 22.5 Å². The molecule has 0 aromatic carbocycles. The second-order valence-corrected chi connectivity index (χ2v) is 3.66. The van der Waals surface area contributed by atoms with Gasteiger partial charge in [0.05, 0.1) is 5.69 Å². The highest BCUT2D eigenvalue weighted by Gasteiger charge is 2.13. The van der Waals surface area contributed by atoms with E-state index in [1.807, 2.05) is 24.4 Å². The number of pyridine rings is 1. The molecular weight excluding hydrogens is 214 g/mol. The topological polar surface area (TPSA) is 69.1 Å². The van der Waals surface area contributed by atoms with E-state index in [2.05, 4.69) is 15.1 Å². The molecule has 84 valence electrons. The molecule has 0 aliphatic rings. The van der Waals surface area contributed by atoms with Gasteiger partial charge in [0.1, 0.15) is 0 Å². The fraction of sp³-hybridized carbons (Fsp3) is 0.0833. The van der Waals surface area contributed by atoms with Gasteiger partial charge in [0.2, 0.25) is 0 Å². The van der Waals surface area contributed by atoms with Crippen LogP contribution in [0.25, 0.3) is 16.9 Å². The lowest BCUT2D eigenvalue weighted by atomic mass is 10.1. The van der Waals surface area contributed by atoms with Crippen molar-refractivity contribution in [2.75, 3.05) is 0 Å². The average molecular weight is 225 g/mol. The summed E-state index contributed by atoms with van der Waals surface area (Å²) in [5.74, 6) is 0. The van der Waals surface area contributed by atoms with Gasteiger partial charge in [0.15, 0.2) is 5.65 Å². The first kappa shape index (κ1) is 9.92. The quantitative estimate of drug-likeness (QED) is 0.712. The van der Waals surface area contributed by atoms with Gasteiger partial charge in [-0.25, -0.2) is 9.50 Å². The Balaban J connectivity index is 2.30. The molecule has 5 nitrogen and oxygen atoms in total. The first-order valence-corrected chi connectivity index (χ1v) is 5.33. The highest BCUT2D eigenvalue weighted by Crippen LogP contribution is 2.23. The smallest absolute Gasteiger partial charge is 0.160 e. The lowest BCUT2D eigenvalue weighted by Gasteiger charge is -1.98. The van der Waals surface area contributed by atoms with Gasteiger partial charge in [-0.15, -0.1) is 0 Å². The van der Waals surface area contributed by atoms with E-state index in [1.165, 1.54) is 0 Å². The molecule has 0 amide bonds. The third-order valence-corrected chi connectivity index (χ3v) is 2.65. The molecule has 3 heterocycles. The molecule has 0 spiro atoms. The first-order chi connectivity index (χ1) is 8.40. The molecule has 0 atom stereocenters. The van der Waals surface area contributed by atoms with E-state index in [0.29, 0.717) is 6.54 Å².